The normalized spacial score (nSPS) is 16.0. The molecule has 1 saturated heterocycles. The number of anilines is 1. The van der Waals surface area contributed by atoms with Crippen molar-refractivity contribution in [2.24, 2.45) is 16.6 Å². The second-order valence-corrected chi connectivity index (χ2v) is 6.20. The Morgan fingerprint density at radius 3 is 2.50 bits per heavy atom. The molecule has 0 radical (unpaired) electrons. The summed E-state index contributed by atoms with van der Waals surface area (Å²) in [6.07, 6.45) is 2.30. The molecule has 1 aromatic carbocycles. The highest BCUT2D eigenvalue weighted by Gasteiger charge is 2.18. The summed E-state index contributed by atoms with van der Waals surface area (Å²) < 4.78 is 15.7. The number of nitrogens with two attached hydrogens (primary N) is 1. The van der Waals surface area contributed by atoms with Gasteiger partial charge in [0.15, 0.2) is 17.5 Å². The summed E-state index contributed by atoms with van der Waals surface area (Å²) in [4.78, 5) is 6.94. The first kappa shape index (κ1) is 22.8. The van der Waals surface area contributed by atoms with E-state index in [1.807, 2.05) is 18.2 Å². The molecule has 1 aliphatic heterocycles. The Hall–Kier alpha value is -1.26. The lowest BCUT2D eigenvalue weighted by atomic mass is 9.97. The average Bonchev–Trinajstić information content (AvgIpc) is 2.65. The fourth-order valence-electron chi connectivity index (χ4n) is 2.94. The number of hydrogen-bond acceptors (Lipinski definition) is 5. The summed E-state index contributed by atoms with van der Waals surface area (Å²) in [6.45, 7) is 4.77. The van der Waals surface area contributed by atoms with Gasteiger partial charge in [0, 0.05) is 32.0 Å². The van der Waals surface area contributed by atoms with Crippen LogP contribution in [-0.2, 0) is 4.74 Å². The van der Waals surface area contributed by atoms with Crippen LogP contribution in [0.25, 0.3) is 0 Å². The largest absolute Gasteiger partial charge is 0.493 e. The van der Waals surface area contributed by atoms with E-state index in [2.05, 4.69) is 15.2 Å². The maximum Gasteiger partial charge on any atom is 0.193 e. The molecule has 2 rings (SSSR count). The maximum absolute atomic E-state index is 6.02. The zero-order valence-electron chi connectivity index (χ0n) is 15.9. The number of guanidine groups is 1. The standard InChI is InChI=1S/C18H30N4O3.HI/c1-23-11-10-22-8-6-14(7-9-22)13-20-18(19)21-15-4-5-16(24-2)17(12-15)25-3;/h4-5,12,14H,6-11,13H2,1-3H3,(H3,19,20,21);1H. The summed E-state index contributed by atoms with van der Waals surface area (Å²) in [6, 6.07) is 5.57. The third kappa shape index (κ3) is 7.16. The number of likely N-dealkylation sites (tertiary alicyclic amines) is 1. The monoisotopic (exact) mass is 478 g/mol. The Bertz CT molecular complexity index is 563. The number of halogens is 1. The molecule has 0 bridgehead atoms. The Labute approximate surface area is 173 Å². The van der Waals surface area contributed by atoms with Gasteiger partial charge in [0.2, 0.25) is 0 Å². The highest BCUT2D eigenvalue weighted by molar-refractivity contribution is 14.0. The Balaban J connectivity index is 0.00000338. The summed E-state index contributed by atoms with van der Waals surface area (Å²) in [5, 5.41) is 3.11. The van der Waals surface area contributed by atoms with Crippen molar-refractivity contribution in [3.05, 3.63) is 18.2 Å². The van der Waals surface area contributed by atoms with Crippen molar-refractivity contribution < 1.29 is 14.2 Å². The topological polar surface area (TPSA) is 81.3 Å². The number of rotatable bonds is 8. The molecule has 0 atom stereocenters. The molecule has 148 valence electrons. The molecule has 1 heterocycles. The van der Waals surface area contributed by atoms with E-state index in [1.54, 1.807) is 21.3 Å². The van der Waals surface area contributed by atoms with E-state index in [0.717, 1.165) is 51.3 Å². The summed E-state index contributed by atoms with van der Waals surface area (Å²) >= 11 is 0. The lowest BCUT2D eigenvalue weighted by Crippen LogP contribution is -2.37. The number of ether oxygens (including phenoxy) is 3. The smallest absolute Gasteiger partial charge is 0.193 e. The van der Waals surface area contributed by atoms with Crippen molar-refractivity contribution in [1.29, 1.82) is 0 Å². The molecular formula is C18H31IN4O3. The number of benzene rings is 1. The molecule has 0 saturated carbocycles. The molecule has 0 amide bonds. The van der Waals surface area contributed by atoms with Gasteiger partial charge in [-0.25, -0.2) is 0 Å². The van der Waals surface area contributed by atoms with Crippen LogP contribution >= 0.6 is 24.0 Å². The number of methoxy groups -OCH3 is 3. The van der Waals surface area contributed by atoms with Crippen LogP contribution in [0.1, 0.15) is 12.8 Å². The fraction of sp³-hybridized carbons (Fsp3) is 0.611. The second kappa shape index (κ2) is 12.2. The molecule has 8 heteroatoms. The molecule has 0 aliphatic carbocycles. The van der Waals surface area contributed by atoms with Crippen LogP contribution in [0.2, 0.25) is 0 Å². The third-order valence-corrected chi connectivity index (χ3v) is 4.49. The third-order valence-electron chi connectivity index (χ3n) is 4.49. The van der Waals surface area contributed by atoms with E-state index in [0.29, 0.717) is 23.4 Å². The zero-order valence-corrected chi connectivity index (χ0v) is 18.2. The molecule has 3 N–H and O–H groups in total. The molecule has 0 aromatic heterocycles. The van der Waals surface area contributed by atoms with Crippen molar-refractivity contribution >= 4 is 35.6 Å². The van der Waals surface area contributed by atoms with Gasteiger partial charge in [0.05, 0.1) is 20.8 Å². The van der Waals surface area contributed by atoms with Gasteiger partial charge in [-0.2, -0.15) is 0 Å². The van der Waals surface area contributed by atoms with E-state index in [4.69, 9.17) is 19.9 Å². The molecule has 0 unspecified atom stereocenters. The van der Waals surface area contributed by atoms with Crippen molar-refractivity contribution in [1.82, 2.24) is 4.90 Å². The zero-order chi connectivity index (χ0) is 18.1. The van der Waals surface area contributed by atoms with Crippen LogP contribution in [0, 0.1) is 5.92 Å². The predicted molar refractivity (Wildman–Crippen MR) is 116 cm³/mol. The number of nitrogens with one attached hydrogen (secondary N) is 1. The van der Waals surface area contributed by atoms with Gasteiger partial charge in [0.25, 0.3) is 0 Å². The quantitative estimate of drug-likeness (QED) is 0.340. The lowest BCUT2D eigenvalue weighted by molar-refractivity contribution is 0.121. The Morgan fingerprint density at radius 2 is 1.88 bits per heavy atom. The van der Waals surface area contributed by atoms with Crippen LogP contribution in [-0.4, -0.2) is 65.0 Å². The lowest BCUT2D eigenvalue weighted by Gasteiger charge is -2.30. The number of hydrogen-bond donors (Lipinski definition) is 2. The maximum atomic E-state index is 6.02. The van der Waals surface area contributed by atoms with Crippen molar-refractivity contribution in [2.45, 2.75) is 12.8 Å². The number of piperidine rings is 1. The first-order valence-corrected chi connectivity index (χ1v) is 8.66. The molecule has 26 heavy (non-hydrogen) atoms. The molecule has 1 fully saturated rings. The highest BCUT2D eigenvalue weighted by atomic mass is 127. The van der Waals surface area contributed by atoms with Crippen molar-refractivity contribution in [3.63, 3.8) is 0 Å². The highest BCUT2D eigenvalue weighted by Crippen LogP contribution is 2.29. The average molecular weight is 478 g/mol. The fourth-order valence-corrected chi connectivity index (χ4v) is 2.94. The van der Waals surface area contributed by atoms with Crippen LogP contribution in [0.4, 0.5) is 5.69 Å². The van der Waals surface area contributed by atoms with Gasteiger partial charge in [-0.15, -0.1) is 24.0 Å². The minimum Gasteiger partial charge on any atom is -0.493 e. The van der Waals surface area contributed by atoms with Gasteiger partial charge in [-0.1, -0.05) is 0 Å². The van der Waals surface area contributed by atoms with Crippen molar-refractivity contribution in [3.8, 4) is 11.5 Å². The minimum atomic E-state index is 0. The van der Waals surface area contributed by atoms with Crippen LogP contribution in [0.15, 0.2) is 23.2 Å². The minimum absolute atomic E-state index is 0. The number of nitrogens with zero attached hydrogens (tertiary/aromatic N) is 2. The molecule has 7 nitrogen and oxygen atoms in total. The summed E-state index contributed by atoms with van der Waals surface area (Å²) in [5.41, 5.74) is 6.84. The van der Waals surface area contributed by atoms with Gasteiger partial charge < -0.3 is 30.2 Å². The Kier molecular flexibility index (Phi) is 10.7. The van der Waals surface area contributed by atoms with Gasteiger partial charge in [0.1, 0.15) is 0 Å². The molecule has 1 aromatic rings. The van der Waals surface area contributed by atoms with Gasteiger partial charge in [-0.05, 0) is 44.0 Å². The van der Waals surface area contributed by atoms with Gasteiger partial charge >= 0.3 is 0 Å². The predicted octanol–water partition coefficient (Wildman–Crippen LogP) is 2.41. The van der Waals surface area contributed by atoms with Crippen molar-refractivity contribution in [2.75, 3.05) is 59.4 Å². The van der Waals surface area contributed by atoms with E-state index < -0.39 is 0 Å². The molecule has 0 spiro atoms. The van der Waals surface area contributed by atoms with Gasteiger partial charge in [-0.3, -0.25) is 4.99 Å². The first-order valence-electron chi connectivity index (χ1n) is 8.66. The van der Waals surface area contributed by atoms with Crippen LogP contribution in [0.5, 0.6) is 11.5 Å². The van der Waals surface area contributed by atoms with E-state index >= 15 is 0 Å². The molecular weight excluding hydrogens is 447 g/mol. The van der Waals surface area contributed by atoms with E-state index in [1.165, 1.54) is 0 Å². The summed E-state index contributed by atoms with van der Waals surface area (Å²) in [7, 11) is 4.97. The SMILES string of the molecule is COCCN1CCC(CN=C(N)Nc2ccc(OC)c(OC)c2)CC1.I. The first-order chi connectivity index (χ1) is 12.2. The number of aliphatic imine (C=N–C) groups is 1. The summed E-state index contributed by atoms with van der Waals surface area (Å²) in [5.74, 6) is 2.35. The Morgan fingerprint density at radius 1 is 1.19 bits per heavy atom. The van der Waals surface area contributed by atoms with Crippen LogP contribution in [0.3, 0.4) is 0 Å². The van der Waals surface area contributed by atoms with E-state index in [9.17, 15) is 0 Å². The van der Waals surface area contributed by atoms with Crippen LogP contribution < -0.4 is 20.5 Å². The van der Waals surface area contributed by atoms with E-state index in [-0.39, 0.29) is 24.0 Å². The second-order valence-electron chi connectivity index (χ2n) is 6.20. The molecule has 1 aliphatic rings.